The van der Waals surface area contributed by atoms with Crippen LogP contribution in [0, 0.1) is 0 Å². The van der Waals surface area contributed by atoms with E-state index in [2.05, 4.69) is 107 Å². The van der Waals surface area contributed by atoms with Gasteiger partial charge in [0.25, 0.3) is 0 Å². The van der Waals surface area contributed by atoms with Crippen LogP contribution in [-0.2, 0) is 0 Å². The van der Waals surface area contributed by atoms with Crippen molar-refractivity contribution in [1.29, 1.82) is 0 Å². The number of thiocarbonyl (C=S) groups is 2. The van der Waals surface area contributed by atoms with Crippen LogP contribution in [-0.4, -0.2) is 20.1 Å². The second kappa shape index (κ2) is 17.8. The van der Waals surface area contributed by atoms with Crippen LogP contribution in [0.3, 0.4) is 0 Å². The molecule has 0 aliphatic heterocycles. The number of para-hydroxylation sites is 4. The summed E-state index contributed by atoms with van der Waals surface area (Å²) in [5, 5.41) is 0. The van der Waals surface area contributed by atoms with Gasteiger partial charge in [-0.2, -0.15) is 0 Å². The molecule has 206 valence electrons. The first-order chi connectivity index (χ1) is 19.7. The van der Waals surface area contributed by atoms with Crippen molar-refractivity contribution in [3.63, 3.8) is 0 Å². The Hall–Kier alpha value is -1.94. The zero-order valence-corrected chi connectivity index (χ0v) is 27.0. The van der Waals surface area contributed by atoms with E-state index in [1.807, 2.05) is 45.9 Å². The molecule has 0 heterocycles. The summed E-state index contributed by atoms with van der Waals surface area (Å²) in [7, 11) is 7.10. The molecular formula is C32H32N2S6. The Bertz CT molecular complexity index is 1110. The zero-order chi connectivity index (χ0) is 27.8. The molecule has 8 heteroatoms. The Balaban J connectivity index is 1.12. The second-order valence-corrected chi connectivity index (χ2v) is 14.9. The summed E-state index contributed by atoms with van der Waals surface area (Å²) < 4.78 is 1.73. The third-order valence-corrected chi connectivity index (χ3v) is 11.8. The van der Waals surface area contributed by atoms with Gasteiger partial charge >= 0.3 is 0 Å². The third-order valence-electron chi connectivity index (χ3n) is 5.89. The molecule has 4 aromatic carbocycles. The highest BCUT2D eigenvalue weighted by Gasteiger charge is 2.16. The molecule has 0 saturated carbocycles. The number of nitrogens with zero attached hydrogens (tertiary/aromatic N) is 2. The number of hydrogen-bond acceptors (Lipinski definition) is 6. The van der Waals surface area contributed by atoms with Crippen molar-refractivity contribution in [1.82, 2.24) is 0 Å². The Morgan fingerprint density at radius 3 is 0.975 bits per heavy atom. The highest BCUT2D eigenvalue weighted by Crippen LogP contribution is 2.36. The minimum Gasteiger partial charge on any atom is -0.295 e. The van der Waals surface area contributed by atoms with Crippen LogP contribution in [0.15, 0.2) is 121 Å². The molecule has 0 saturated heterocycles. The predicted molar refractivity (Wildman–Crippen MR) is 194 cm³/mol. The fourth-order valence-corrected chi connectivity index (χ4v) is 9.09. The second-order valence-electron chi connectivity index (χ2n) is 8.77. The first-order valence-corrected chi connectivity index (χ1v) is 18.7. The molecule has 0 N–H and O–H groups in total. The highest BCUT2D eigenvalue weighted by molar-refractivity contribution is 8.84. The maximum Gasteiger partial charge on any atom is 0.156 e. The molecule has 4 aromatic rings. The van der Waals surface area contributed by atoms with E-state index in [0.29, 0.717) is 0 Å². The zero-order valence-electron chi connectivity index (χ0n) is 22.1. The smallest absolute Gasteiger partial charge is 0.156 e. The number of anilines is 4. The molecule has 0 spiro atoms. The van der Waals surface area contributed by atoms with Crippen LogP contribution in [0.2, 0.25) is 0 Å². The van der Waals surface area contributed by atoms with Crippen molar-refractivity contribution in [2.75, 3.05) is 21.3 Å². The van der Waals surface area contributed by atoms with Gasteiger partial charge in [0.1, 0.15) is 0 Å². The van der Waals surface area contributed by atoms with E-state index in [4.69, 9.17) is 24.4 Å². The van der Waals surface area contributed by atoms with Crippen molar-refractivity contribution in [2.24, 2.45) is 0 Å². The van der Waals surface area contributed by atoms with Gasteiger partial charge in [-0.25, -0.2) is 0 Å². The average molecular weight is 637 g/mol. The van der Waals surface area contributed by atoms with Gasteiger partial charge in [-0.1, -0.05) is 132 Å². The Morgan fingerprint density at radius 1 is 0.425 bits per heavy atom. The largest absolute Gasteiger partial charge is 0.295 e. The maximum absolute atomic E-state index is 5.84. The summed E-state index contributed by atoms with van der Waals surface area (Å²) in [6.07, 6.45) is 4.86. The molecule has 0 radical (unpaired) electrons. The topological polar surface area (TPSA) is 6.48 Å². The van der Waals surface area contributed by atoms with Crippen molar-refractivity contribution in [2.45, 2.75) is 25.7 Å². The molecular weight excluding hydrogens is 605 g/mol. The normalized spacial score (nSPS) is 10.7. The Morgan fingerprint density at radius 2 is 0.700 bits per heavy atom. The lowest BCUT2D eigenvalue weighted by atomic mass is 10.2. The number of benzene rings is 4. The van der Waals surface area contributed by atoms with Crippen LogP contribution >= 0.6 is 67.6 Å². The molecule has 0 aliphatic carbocycles. The van der Waals surface area contributed by atoms with Crippen LogP contribution in [0.5, 0.6) is 0 Å². The molecule has 0 fully saturated rings. The SMILES string of the molecule is S=C(SSCCCCCCSSC(=S)N(c1ccccc1)c1ccccc1)N(c1ccccc1)c1ccccc1. The molecule has 0 amide bonds. The fraction of sp³-hybridized carbons (Fsp3) is 0.188. The molecule has 40 heavy (non-hydrogen) atoms. The Kier molecular flexibility index (Phi) is 13.8. The standard InChI is InChI=1S/C32H32N2S6/c35-31(33(27-17-7-3-8-18-27)28-19-9-4-10-20-28)39-37-25-15-1-2-16-26-38-40-32(36)34(29-21-11-5-12-22-29)30-23-13-6-14-24-30/h3-14,17-24H,1-2,15-16,25-26H2. The van der Waals surface area contributed by atoms with Gasteiger partial charge in [-0.05, 0) is 83.0 Å². The van der Waals surface area contributed by atoms with Gasteiger partial charge in [0.2, 0.25) is 0 Å². The highest BCUT2D eigenvalue weighted by atomic mass is 33.1. The minimum absolute atomic E-state index is 0.867. The van der Waals surface area contributed by atoms with E-state index >= 15 is 0 Å². The quantitative estimate of drug-likeness (QED) is 0.0802. The first-order valence-electron chi connectivity index (χ1n) is 13.2. The summed E-state index contributed by atoms with van der Waals surface area (Å²) in [5.41, 5.74) is 4.38. The molecule has 0 aromatic heterocycles. The van der Waals surface area contributed by atoms with Gasteiger partial charge in [-0.15, -0.1) is 0 Å². The van der Waals surface area contributed by atoms with E-state index in [-0.39, 0.29) is 0 Å². The summed E-state index contributed by atoms with van der Waals surface area (Å²) in [4.78, 5) is 4.31. The molecule has 0 bridgehead atoms. The summed E-state index contributed by atoms with van der Waals surface area (Å²) in [5.74, 6) is 2.19. The molecule has 2 nitrogen and oxygen atoms in total. The van der Waals surface area contributed by atoms with Gasteiger partial charge < -0.3 is 0 Å². The predicted octanol–water partition coefficient (Wildman–Crippen LogP) is 11.6. The molecule has 0 atom stereocenters. The van der Waals surface area contributed by atoms with Crippen LogP contribution in [0.4, 0.5) is 22.7 Å². The number of hydrogen-bond donors (Lipinski definition) is 0. The lowest BCUT2D eigenvalue weighted by molar-refractivity contribution is 0.712. The monoisotopic (exact) mass is 636 g/mol. The van der Waals surface area contributed by atoms with Crippen LogP contribution < -0.4 is 9.80 Å². The van der Waals surface area contributed by atoms with Crippen molar-refractivity contribution in [3.8, 4) is 0 Å². The fourth-order valence-electron chi connectivity index (χ4n) is 3.96. The average Bonchev–Trinajstić information content (AvgIpc) is 3.00. The summed E-state index contributed by atoms with van der Waals surface area (Å²) in [6, 6.07) is 41.4. The minimum atomic E-state index is 0.867. The van der Waals surface area contributed by atoms with E-state index in [1.165, 1.54) is 25.7 Å². The summed E-state index contributed by atoms with van der Waals surface area (Å²) in [6.45, 7) is 0. The van der Waals surface area contributed by atoms with E-state index in [9.17, 15) is 0 Å². The lowest BCUT2D eigenvalue weighted by Crippen LogP contribution is -2.20. The lowest BCUT2D eigenvalue weighted by Gasteiger charge is -2.24. The van der Waals surface area contributed by atoms with E-state index in [1.54, 1.807) is 21.6 Å². The molecule has 4 rings (SSSR count). The summed E-state index contributed by atoms with van der Waals surface area (Å²) >= 11 is 11.7. The van der Waals surface area contributed by atoms with Crippen molar-refractivity contribution < 1.29 is 0 Å². The molecule has 0 unspecified atom stereocenters. The molecule has 0 aliphatic rings. The Labute approximate surface area is 265 Å². The van der Waals surface area contributed by atoms with Crippen molar-refractivity contribution >= 4 is 99.0 Å². The van der Waals surface area contributed by atoms with Gasteiger partial charge in [0.15, 0.2) is 8.64 Å². The van der Waals surface area contributed by atoms with Crippen LogP contribution in [0.1, 0.15) is 25.7 Å². The number of unbranched alkanes of at least 4 members (excludes halogenated alkanes) is 3. The van der Waals surface area contributed by atoms with E-state index < -0.39 is 0 Å². The van der Waals surface area contributed by atoms with Gasteiger partial charge in [0, 0.05) is 34.3 Å². The first kappa shape index (κ1) is 31.0. The number of rotatable bonds is 13. The van der Waals surface area contributed by atoms with Gasteiger partial charge in [0.05, 0.1) is 0 Å². The van der Waals surface area contributed by atoms with Crippen molar-refractivity contribution in [3.05, 3.63) is 121 Å². The van der Waals surface area contributed by atoms with E-state index in [0.717, 1.165) is 42.9 Å². The maximum atomic E-state index is 5.84. The third kappa shape index (κ3) is 9.86. The van der Waals surface area contributed by atoms with Crippen LogP contribution in [0.25, 0.3) is 0 Å². The van der Waals surface area contributed by atoms with Gasteiger partial charge in [-0.3, -0.25) is 9.80 Å².